The molecule has 0 saturated heterocycles. The highest BCUT2D eigenvalue weighted by atomic mass is 32.2. The van der Waals surface area contributed by atoms with Crippen LogP contribution in [0.15, 0.2) is 0 Å². The van der Waals surface area contributed by atoms with Gasteiger partial charge in [0.1, 0.15) is 0 Å². The molecule has 0 aromatic rings. The number of hydrogen-bond donors (Lipinski definition) is 2. The molecule has 0 aliphatic heterocycles. The van der Waals surface area contributed by atoms with Gasteiger partial charge in [-0.3, -0.25) is 9.00 Å². The molecule has 0 fully saturated rings. The average molecular weight is 150 g/mol. The minimum Gasteiger partial charge on any atom is -0.368 e. The van der Waals surface area contributed by atoms with Crippen LogP contribution in [0.4, 0.5) is 0 Å². The third kappa shape index (κ3) is 4.11. The van der Waals surface area contributed by atoms with Crippen LogP contribution in [0.2, 0.25) is 0 Å². The van der Waals surface area contributed by atoms with Crippen molar-refractivity contribution in [2.75, 3.05) is 12.0 Å². The Morgan fingerprint density at radius 1 is 1.78 bits per heavy atom. The van der Waals surface area contributed by atoms with Crippen LogP contribution < -0.4 is 11.5 Å². The van der Waals surface area contributed by atoms with Gasteiger partial charge in [-0.2, -0.15) is 0 Å². The number of amides is 1. The molecule has 0 aliphatic carbocycles. The third-order valence-corrected chi connectivity index (χ3v) is 1.61. The molecule has 0 saturated carbocycles. The smallest absolute Gasteiger partial charge is 0.235 e. The Labute approximate surface area is 56.0 Å². The van der Waals surface area contributed by atoms with E-state index in [0.717, 1.165) is 0 Å². The second-order valence-electron chi connectivity index (χ2n) is 1.75. The number of rotatable bonds is 3. The molecule has 4 N–H and O–H groups in total. The molecule has 0 aromatic heterocycles. The van der Waals surface area contributed by atoms with Gasteiger partial charge in [0.05, 0.1) is 6.04 Å². The van der Waals surface area contributed by atoms with Gasteiger partial charge in [-0.25, -0.2) is 0 Å². The minimum atomic E-state index is -1.04. The summed E-state index contributed by atoms with van der Waals surface area (Å²) < 4.78 is 10.4. The van der Waals surface area contributed by atoms with E-state index in [2.05, 4.69) is 0 Å². The van der Waals surface area contributed by atoms with Crippen molar-refractivity contribution in [3.8, 4) is 0 Å². The summed E-state index contributed by atoms with van der Waals surface area (Å²) in [5.74, 6) is -0.458. The summed E-state index contributed by atoms with van der Waals surface area (Å²) in [6, 6.07) is -0.768. The molecule has 2 atom stereocenters. The predicted molar refractivity (Wildman–Crippen MR) is 36.1 cm³/mol. The molecule has 0 heterocycles. The number of hydrogen-bond acceptors (Lipinski definition) is 3. The highest BCUT2D eigenvalue weighted by molar-refractivity contribution is 7.84. The van der Waals surface area contributed by atoms with Crippen LogP contribution in [0.25, 0.3) is 0 Å². The summed E-state index contributed by atoms with van der Waals surface area (Å²) in [5, 5.41) is 0. The largest absolute Gasteiger partial charge is 0.368 e. The molecule has 0 rings (SSSR count). The van der Waals surface area contributed by atoms with E-state index >= 15 is 0 Å². The Morgan fingerprint density at radius 3 is 2.33 bits per heavy atom. The fourth-order valence-electron chi connectivity index (χ4n) is 0.335. The molecular formula is C4H10N2O2S. The van der Waals surface area contributed by atoms with Gasteiger partial charge >= 0.3 is 0 Å². The van der Waals surface area contributed by atoms with E-state index in [4.69, 9.17) is 11.5 Å². The molecule has 0 bridgehead atoms. The van der Waals surface area contributed by atoms with Crippen LogP contribution in [0, 0.1) is 0 Å². The van der Waals surface area contributed by atoms with Crippen molar-refractivity contribution in [2.24, 2.45) is 11.5 Å². The van der Waals surface area contributed by atoms with Gasteiger partial charge < -0.3 is 11.5 Å². The Morgan fingerprint density at radius 2 is 2.22 bits per heavy atom. The fourth-order valence-corrected chi connectivity index (χ4v) is 1.00. The quantitative estimate of drug-likeness (QED) is 0.496. The molecule has 54 valence electrons. The topological polar surface area (TPSA) is 86.2 Å². The van der Waals surface area contributed by atoms with E-state index in [1.54, 1.807) is 0 Å². The maximum atomic E-state index is 10.4. The van der Waals surface area contributed by atoms with Gasteiger partial charge in [-0.1, -0.05) is 0 Å². The van der Waals surface area contributed by atoms with Gasteiger partial charge in [-0.05, 0) is 0 Å². The van der Waals surface area contributed by atoms with Crippen LogP contribution in [-0.4, -0.2) is 28.2 Å². The van der Waals surface area contributed by atoms with Crippen molar-refractivity contribution in [3.63, 3.8) is 0 Å². The summed E-state index contributed by atoms with van der Waals surface area (Å²) in [6.07, 6.45) is 1.48. The third-order valence-electron chi connectivity index (χ3n) is 0.780. The lowest BCUT2D eigenvalue weighted by Crippen LogP contribution is -2.40. The molecule has 9 heavy (non-hydrogen) atoms. The fraction of sp³-hybridized carbons (Fsp3) is 0.750. The monoisotopic (exact) mass is 150 g/mol. The van der Waals surface area contributed by atoms with Crippen LogP contribution in [0.5, 0.6) is 0 Å². The molecule has 2 unspecified atom stereocenters. The zero-order chi connectivity index (χ0) is 7.44. The van der Waals surface area contributed by atoms with Crippen LogP contribution in [0.1, 0.15) is 0 Å². The molecule has 0 aromatic carbocycles. The van der Waals surface area contributed by atoms with Crippen molar-refractivity contribution < 1.29 is 9.00 Å². The molecule has 5 heteroatoms. The van der Waals surface area contributed by atoms with Gasteiger partial charge in [0, 0.05) is 22.8 Å². The summed E-state index contributed by atoms with van der Waals surface area (Å²) in [6.45, 7) is 0. The first-order chi connectivity index (χ1) is 4.04. The van der Waals surface area contributed by atoms with Crippen LogP contribution in [-0.2, 0) is 15.6 Å². The van der Waals surface area contributed by atoms with Gasteiger partial charge in [0.15, 0.2) is 0 Å². The summed E-state index contributed by atoms with van der Waals surface area (Å²) in [7, 11) is -1.04. The molecule has 0 aliphatic rings. The average Bonchev–Trinajstić information content (AvgIpc) is 1.63. The highest BCUT2D eigenvalue weighted by Crippen LogP contribution is 1.80. The van der Waals surface area contributed by atoms with Crippen molar-refractivity contribution in [3.05, 3.63) is 0 Å². The van der Waals surface area contributed by atoms with E-state index in [1.807, 2.05) is 0 Å². The van der Waals surface area contributed by atoms with E-state index < -0.39 is 22.7 Å². The van der Waals surface area contributed by atoms with Crippen LogP contribution in [0.3, 0.4) is 0 Å². The maximum Gasteiger partial charge on any atom is 0.235 e. The standard InChI is InChI=1S/C4H10N2O2S/c1-9(8)2-3(5)4(6)7/h3H,2,5H2,1H3,(H2,6,7). The molecule has 1 amide bonds. The van der Waals surface area contributed by atoms with Crippen LogP contribution >= 0.6 is 0 Å². The molecule has 4 nitrogen and oxygen atoms in total. The Balaban J connectivity index is 3.63. The first-order valence-electron chi connectivity index (χ1n) is 2.39. The van der Waals surface area contributed by atoms with Crippen molar-refractivity contribution >= 4 is 16.7 Å². The van der Waals surface area contributed by atoms with E-state index in [1.165, 1.54) is 6.26 Å². The number of carbonyl (C=O) groups excluding carboxylic acids is 1. The normalized spacial score (nSPS) is 16.7. The lowest BCUT2D eigenvalue weighted by atomic mass is 10.3. The lowest BCUT2D eigenvalue weighted by molar-refractivity contribution is -0.118. The summed E-state index contributed by atoms with van der Waals surface area (Å²) in [4.78, 5) is 10.2. The van der Waals surface area contributed by atoms with Gasteiger partial charge in [0.25, 0.3) is 0 Å². The van der Waals surface area contributed by atoms with E-state index in [-0.39, 0.29) is 5.75 Å². The Bertz CT molecular complexity index is 137. The van der Waals surface area contributed by atoms with Crippen molar-refractivity contribution in [2.45, 2.75) is 6.04 Å². The zero-order valence-electron chi connectivity index (χ0n) is 5.16. The Hall–Kier alpha value is -0.420. The highest BCUT2D eigenvalue weighted by Gasteiger charge is 2.09. The maximum absolute atomic E-state index is 10.4. The first-order valence-corrected chi connectivity index (χ1v) is 4.11. The summed E-state index contributed by atoms with van der Waals surface area (Å²) >= 11 is 0. The number of primary amides is 1. The summed E-state index contributed by atoms with van der Waals surface area (Å²) in [5.41, 5.74) is 9.94. The van der Waals surface area contributed by atoms with E-state index in [9.17, 15) is 9.00 Å². The van der Waals surface area contributed by atoms with E-state index in [0.29, 0.717) is 0 Å². The second kappa shape index (κ2) is 3.58. The zero-order valence-corrected chi connectivity index (χ0v) is 5.98. The van der Waals surface area contributed by atoms with Gasteiger partial charge in [-0.15, -0.1) is 0 Å². The SMILES string of the molecule is CS(=O)CC(N)C(N)=O. The number of nitrogens with two attached hydrogens (primary N) is 2. The second-order valence-corrected chi connectivity index (χ2v) is 3.23. The molecule has 0 spiro atoms. The lowest BCUT2D eigenvalue weighted by Gasteiger charge is -2.02. The van der Waals surface area contributed by atoms with Gasteiger partial charge in [0.2, 0.25) is 5.91 Å². The number of carbonyl (C=O) groups is 1. The molecular weight excluding hydrogens is 140 g/mol. The minimum absolute atomic E-state index is 0.148. The predicted octanol–water partition coefficient (Wildman–Crippen LogP) is -1.82. The van der Waals surface area contributed by atoms with Crippen molar-refractivity contribution in [1.29, 1.82) is 0 Å². The molecule has 0 radical (unpaired) electrons. The van der Waals surface area contributed by atoms with Crippen molar-refractivity contribution in [1.82, 2.24) is 0 Å². The Kier molecular flexibility index (Phi) is 3.41. The first kappa shape index (κ1) is 8.58.